The Hall–Kier alpha value is -3.88. The molecule has 0 aliphatic carbocycles. The smallest absolute Gasteiger partial charge is 0.303 e. The van der Waals surface area contributed by atoms with E-state index in [1.807, 2.05) is 0 Å². The highest BCUT2D eigenvalue weighted by molar-refractivity contribution is 5.98. The van der Waals surface area contributed by atoms with Gasteiger partial charge in [0.05, 0.1) is 6.04 Å². The van der Waals surface area contributed by atoms with Crippen molar-refractivity contribution < 1.29 is 19.4 Å². The van der Waals surface area contributed by atoms with Crippen LogP contribution in [0.15, 0.2) is 48.5 Å². The van der Waals surface area contributed by atoms with Crippen molar-refractivity contribution in [3.63, 3.8) is 0 Å². The number of aliphatic carboxylic acids is 1. The van der Waals surface area contributed by atoms with Gasteiger partial charge in [0, 0.05) is 23.1 Å². The number of nitrogen functional groups attached to an aromatic ring is 2. The Morgan fingerprint density at radius 3 is 2.21 bits per heavy atom. The van der Waals surface area contributed by atoms with E-state index < -0.39 is 17.9 Å². The summed E-state index contributed by atoms with van der Waals surface area (Å²) in [5.74, 6) is -1.11. The number of hydrogen-bond acceptors (Lipinski definition) is 5. The van der Waals surface area contributed by atoms with E-state index in [-0.39, 0.29) is 31.1 Å². The number of ether oxygens (including phenoxy) is 1. The van der Waals surface area contributed by atoms with Crippen LogP contribution < -0.4 is 21.5 Å². The molecule has 0 unspecified atom stereocenters. The van der Waals surface area contributed by atoms with Gasteiger partial charge in [-0.2, -0.15) is 0 Å². The summed E-state index contributed by atoms with van der Waals surface area (Å²) in [6.07, 6.45) is 0.0457. The third kappa shape index (κ3) is 6.65. The second-order valence-electron chi connectivity index (χ2n) is 6.35. The van der Waals surface area contributed by atoms with E-state index in [0.29, 0.717) is 22.4 Å². The zero-order valence-electron chi connectivity index (χ0n) is 15.6. The van der Waals surface area contributed by atoms with Crippen molar-refractivity contribution in [1.82, 2.24) is 5.32 Å². The number of carboxylic acids is 1. The van der Waals surface area contributed by atoms with Crippen molar-refractivity contribution in [2.24, 2.45) is 11.5 Å². The van der Waals surface area contributed by atoms with E-state index in [0.717, 1.165) is 0 Å². The molecule has 8 N–H and O–H groups in total. The molecule has 0 bridgehead atoms. The lowest BCUT2D eigenvalue weighted by molar-refractivity contribution is -0.137. The topological polar surface area (TPSA) is 175 Å². The highest BCUT2D eigenvalue weighted by Crippen LogP contribution is 2.14. The van der Waals surface area contributed by atoms with Crippen LogP contribution in [0.3, 0.4) is 0 Å². The molecule has 0 aliphatic rings. The van der Waals surface area contributed by atoms with Crippen LogP contribution in [0.1, 0.15) is 34.3 Å². The lowest BCUT2D eigenvalue weighted by Gasteiger charge is -2.19. The van der Waals surface area contributed by atoms with Crippen molar-refractivity contribution in [3.05, 3.63) is 65.2 Å². The summed E-state index contributed by atoms with van der Waals surface area (Å²) in [5, 5.41) is 26.6. The van der Waals surface area contributed by atoms with E-state index in [1.54, 1.807) is 36.4 Å². The van der Waals surface area contributed by atoms with Gasteiger partial charge in [-0.3, -0.25) is 20.4 Å². The molecule has 2 aromatic carbocycles. The molecule has 0 spiro atoms. The van der Waals surface area contributed by atoms with Crippen LogP contribution in [-0.2, 0) is 4.79 Å². The van der Waals surface area contributed by atoms with Crippen LogP contribution in [0.5, 0.6) is 5.75 Å². The molecule has 0 heterocycles. The summed E-state index contributed by atoms with van der Waals surface area (Å²) in [7, 11) is 0. The first-order chi connectivity index (χ1) is 13.8. The summed E-state index contributed by atoms with van der Waals surface area (Å²) in [6.45, 7) is 0.0475. The zero-order chi connectivity index (χ0) is 21.4. The molecule has 0 saturated carbocycles. The summed E-state index contributed by atoms with van der Waals surface area (Å²) in [5.41, 5.74) is 12.2. The number of amidine groups is 2. The highest BCUT2D eigenvalue weighted by atomic mass is 16.5. The average Bonchev–Trinajstić information content (AvgIpc) is 2.70. The van der Waals surface area contributed by atoms with E-state index >= 15 is 0 Å². The van der Waals surface area contributed by atoms with Crippen LogP contribution >= 0.6 is 0 Å². The normalized spacial score (nSPS) is 11.3. The molecule has 0 aromatic heterocycles. The highest BCUT2D eigenvalue weighted by Gasteiger charge is 2.16. The lowest BCUT2D eigenvalue weighted by atomic mass is 10.1. The molecule has 0 radical (unpaired) electrons. The van der Waals surface area contributed by atoms with E-state index in [1.165, 1.54) is 12.1 Å². The van der Waals surface area contributed by atoms with Crippen LogP contribution in [-0.4, -0.2) is 41.3 Å². The monoisotopic (exact) mass is 397 g/mol. The Labute approximate surface area is 167 Å². The second-order valence-corrected chi connectivity index (χ2v) is 6.35. The number of rotatable bonds is 10. The van der Waals surface area contributed by atoms with Crippen molar-refractivity contribution in [1.29, 1.82) is 10.8 Å². The largest absolute Gasteiger partial charge is 0.491 e. The minimum atomic E-state index is -0.978. The molecule has 1 amide bonds. The molecule has 0 fully saturated rings. The minimum Gasteiger partial charge on any atom is -0.491 e. The fraction of sp³-hybridized carbons (Fsp3) is 0.200. The standard InChI is InChI=1S/C20H23N5O4/c21-18(22)12-4-6-13(7-5-12)20(28)25-15(8-9-17(26)27)11-29-16-3-1-2-14(10-16)19(23)24/h1-7,10,15H,8-9,11H2,(H3,21,22)(H3,23,24)(H,25,28)(H,26,27)/t15-/m1/s1. The Kier molecular flexibility index (Phi) is 7.30. The third-order valence-electron chi connectivity index (χ3n) is 4.10. The molecule has 0 saturated heterocycles. The number of carboxylic acid groups (broad SMARTS) is 1. The molecule has 1 atom stereocenters. The van der Waals surface area contributed by atoms with Crippen LogP contribution in [0.4, 0.5) is 0 Å². The Bertz CT molecular complexity index is 911. The molecule has 9 nitrogen and oxygen atoms in total. The summed E-state index contributed by atoms with van der Waals surface area (Å²) < 4.78 is 5.67. The van der Waals surface area contributed by atoms with E-state index in [2.05, 4.69) is 5.32 Å². The third-order valence-corrected chi connectivity index (χ3v) is 4.10. The predicted molar refractivity (Wildman–Crippen MR) is 109 cm³/mol. The predicted octanol–water partition coefficient (Wildman–Crippen LogP) is 1.30. The van der Waals surface area contributed by atoms with Gasteiger partial charge in [-0.05, 0) is 30.7 Å². The van der Waals surface area contributed by atoms with Gasteiger partial charge in [0.25, 0.3) is 5.91 Å². The van der Waals surface area contributed by atoms with Gasteiger partial charge >= 0.3 is 5.97 Å². The Morgan fingerprint density at radius 2 is 1.62 bits per heavy atom. The molecule has 152 valence electrons. The number of benzene rings is 2. The Balaban J connectivity index is 2.05. The number of amides is 1. The first-order valence-electron chi connectivity index (χ1n) is 8.80. The number of hydrogen-bond donors (Lipinski definition) is 6. The van der Waals surface area contributed by atoms with Crippen molar-refractivity contribution >= 4 is 23.5 Å². The SMILES string of the molecule is N=C(N)c1ccc(C(=O)N[C@H](CCC(=O)O)COc2cccc(C(=N)N)c2)cc1. The zero-order valence-corrected chi connectivity index (χ0v) is 15.6. The van der Waals surface area contributed by atoms with Gasteiger partial charge in [-0.25, -0.2) is 0 Å². The van der Waals surface area contributed by atoms with Gasteiger partial charge in [0.1, 0.15) is 24.0 Å². The van der Waals surface area contributed by atoms with Gasteiger partial charge in [0.15, 0.2) is 0 Å². The fourth-order valence-corrected chi connectivity index (χ4v) is 2.51. The van der Waals surface area contributed by atoms with Crippen molar-refractivity contribution in [2.75, 3.05) is 6.61 Å². The second kappa shape index (κ2) is 9.88. The summed E-state index contributed by atoms with van der Waals surface area (Å²) in [4.78, 5) is 23.4. The maximum absolute atomic E-state index is 12.5. The van der Waals surface area contributed by atoms with Gasteiger partial charge in [-0.15, -0.1) is 0 Å². The van der Waals surface area contributed by atoms with Gasteiger partial charge < -0.3 is 26.6 Å². The van der Waals surface area contributed by atoms with Crippen molar-refractivity contribution in [2.45, 2.75) is 18.9 Å². The van der Waals surface area contributed by atoms with E-state index in [9.17, 15) is 9.59 Å². The van der Waals surface area contributed by atoms with Crippen molar-refractivity contribution in [3.8, 4) is 5.75 Å². The first kappa shape index (κ1) is 21.4. The maximum atomic E-state index is 12.5. The van der Waals surface area contributed by atoms with Gasteiger partial charge in [-0.1, -0.05) is 24.3 Å². The quantitative estimate of drug-likeness (QED) is 0.260. The average molecular weight is 397 g/mol. The maximum Gasteiger partial charge on any atom is 0.303 e. The minimum absolute atomic E-state index is 0.0475. The molecular weight excluding hydrogens is 374 g/mol. The molecular formula is C20H23N5O4. The Morgan fingerprint density at radius 1 is 1.00 bits per heavy atom. The molecule has 2 aromatic rings. The number of carbonyl (C=O) groups excluding carboxylic acids is 1. The lowest BCUT2D eigenvalue weighted by Crippen LogP contribution is -2.39. The molecule has 9 heteroatoms. The molecule has 0 aliphatic heterocycles. The first-order valence-corrected chi connectivity index (χ1v) is 8.80. The van der Waals surface area contributed by atoms with E-state index in [4.69, 9.17) is 32.1 Å². The number of nitrogens with one attached hydrogen (secondary N) is 3. The number of carbonyl (C=O) groups is 2. The number of nitrogens with two attached hydrogens (primary N) is 2. The molecule has 2 rings (SSSR count). The van der Waals surface area contributed by atoms with Crippen LogP contribution in [0.2, 0.25) is 0 Å². The molecule has 29 heavy (non-hydrogen) atoms. The van der Waals surface area contributed by atoms with Crippen LogP contribution in [0, 0.1) is 10.8 Å². The fourth-order valence-electron chi connectivity index (χ4n) is 2.51. The van der Waals surface area contributed by atoms with Gasteiger partial charge in [0.2, 0.25) is 0 Å². The summed E-state index contributed by atoms with van der Waals surface area (Å²) >= 11 is 0. The van der Waals surface area contributed by atoms with Crippen LogP contribution in [0.25, 0.3) is 0 Å². The summed E-state index contributed by atoms with van der Waals surface area (Å²) in [6, 6.07) is 12.3.